The van der Waals surface area contributed by atoms with Crippen LogP contribution in [0.3, 0.4) is 0 Å². The Labute approximate surface area is 143 Å². The molecule has 3 aromatic rings. The predicted molar refractivity (Wildman–Crippen MR) is 88.8 cm³/mol. The van der Waals surface area contributed by atoms with Crippen molar-refractivity contribution in [1.82, 2.24) is 14.8 Å². The molecule has 0 amide bonds. The molecule has 2 heterocycles. The Morgan fingerprint density at radius 1 is 1.38 bits per heavy atom. The van der Waals surface area contributed by atoms with Gasteiger partial charge in [-0.25, -0.2) is 9.48 Å². The largest absolute Gasteiger partial charge is 0.462 e. The second-order valence-corrected chi connectivity index (χ2v) is 5.51. The monoisotopic (exact) mass is 340 g/mol. The van der Waals surface area contributed by atoms with E-state index in [2.05, 4.69) is 10.1 Å². The molecule has 2 aromatic heterocycles. The minimum Gasteiger partial charge on any atom is -0.462 e. The quantitative estimate of drug-likeness (QED) is 0.681. The lowest BCUT2D eigenvalue weighted by molar-refractivity contribution is 0.0526. The van der Waals surface area contributed by atoms with Crippen molar-refractivity contribution < 1.29 is 9.53 Å². The maximum atomic E-state index is 11.9. The van der Waals surface area contributed by atoms with Crippen LogP contribution in [0.15, 0.2) is 36.7 Å². The van der Waals surface area contributed by atoms with Gasteiger partial charge in [-0.15, -0.1) is 0 Å². The number of nitriles is 1. The van der Waals surface area contributed by atoms with E-state index in [9.17, 15) is 10.1 Å². The Kier molecular flexibility index (Phi) is 4.45. The van der Waals surface area contributed by atoms with Crippen LogP contribution in [-0.4, -0.2) is 27.3 Å². The van der Waals surface area contributed by atoms with Gasteiger partial charge < -0.3 is 4.74 Å². The second-order valence-electron chi connectivity index (χ2n) is 5.08. The fourth-order valence-corrected chi connectivity index (χ4v) is 2.57. The first kappa shape index (κ1) is 16.0. The second kappa shape index (κ2) is 6.69. The molecule has 0 saturated carbocycles. The van der Waals surface area contributed by atoms with E-state index in [1.807, 2.05) is 30.3 Å². The van der Waals surface area contributed by atoms with Crippen molar-refractivity contribution in [2.24, 2.45) is 0 Å². The first-order chi connectivity index (χ1) is 11.6. The SMILES string of the molecule is CCOC(=O)c1cnn(Cc2ccc3ncc(Cl)cc3c2)c1C#N. The zero-order valence-electron chi connectivity index (χ0n) is 12.9. The highest BCUT2D eigenvalue weighted by atomic mass is 35.5. The van der Waals surface area contributed by atoms with Gasteiger partial charge in [-0.2, -0.15) is 10.4 Å². The molecular weight excluding hydrogens is 328 g/mol. The Balaban J connectivity index is 1.94. The highest BCUT2D eigenvalue weighted by Gasteiger charge is 2.18. The Morgan fingerprint density at radius 3 is 2.96 bits per heavy atom. The molecule has 120 valence electrons. The summed E-state index contributed by atoms with van der Waals surface area (Å²) >= 11 is 5.97. The van der Waals surface area contributed by atoms with Gasteiger partial charge in [0, 0.05) is 11.6 Å². The maximum absolute atomic E-state index is 11.9. The lowest BCUT2D eigenvalue weighted by atomic mass is 10.1. The third kappa shape index (κ3) is 3.07. The van der Waals surface area contributed by atoms with E-state index in [1.165, 1.54) is 10.9 Å². The minimum absolute atomic E-state index is 0.171. The number of nitrogens with zero attached hydrogens (tertiary/aromatic N) is 4. The third-order valence-corrected chi connectivity index (χ3v) is 3.69. The summed E-state index contributed by atoms with van der Waals surface area (Å²) < 4.78 is 6.42. The maximum Gasteiger partial charge on any atom is 0.342 e. The van der Waals surface area contributed by atoms with E-state index >= 15 is 0 Å². The van der Waals surface area contributed by atoms with Gasteiger partial charge >= 0.3 is 5.97 Å². The van der Waals surface area contributed by atoms with Gasteiger partial charge in [0.2, 0.25) is 0 Å². The number of fused-ring (bicyclic) bond motifs is 1. The van der Waals surface area contributed by atoms with Gasteiger partial charge in [0.1, 0.15) is 11.6 Å². The number of pyridine rings is 1. The number of halogens is 1. The lowest BCUT2D eigenvalue weighted by Gasteiger charge is -2.06. The number of rotatable bonds is 4. The summed E-state index contributed by atoms with van der Waals surface area (Å²) in [5.41, 5.74) is 2.10. The molecule has 24 heavy (non-hydrogen) atoms. The Morgan fingerprint density at radius 2 is 2.21 bits per heavy atom. The normalized spacial score (nSPS) is 10.5. The molecule has 0 radical (unpaired) electrons. The van der Waals surface area contributed by atoms with E-state index in [1.54, 1.807) is 13.1 Å². The highest BCUT2D eigenvalue weighted by molar-refractivity contribution is 6.31. The molecule has 0 unspecified atom stereocenters. The lowest BCUT2D eigenvalue weighted by Crippen LogP contribution is -2.09. The van der Waals surface area contributed by atoms with Gasteiger partial charge in [-0.3, -0.25) is 4.98 Å². The molecule has 0 atom stereocenters. The molecule has 0 fully saturated rings. The fraction of sp³-hybridized carbons (Fsp3) is 0.176. The summed E-state index contributed by atoms with van der Waals surface area (Å²) in [6.07, 6.45) is 2.95. The summed E-state index contributed by atoms with van der Waals surface area (Å²) in [4.78, 5) is 16.1. The number of hydrogen-bond donors (Lipinski definition) is 0. The molecule has 3 rings (SSSR count). The van der Waals surface area contributed by atoms with Gasteiger partial charge in [-0.1, -0.05) is 17.7 Å². The average Bonchev–Trinajstić information content (AvgIpc) is 2.97. The zero-order valence-corrected chi connectivity index (χ0v) is 13.6. The molecule has 0 N–H and O–H groups in total. The first-order valence-corrected chi connectivity index (χ1v) is 7.67. The van der Waals surface area contributed by atoms with Crippen LogP contribution < -0.4 is 0 Å². The van der Waals surface area contributed by atoms with Crippen LogP contribution in [-0.2, 0) is 11.3 Å². The summed E-state index contributed by atoms with van der Waals surface area (Å²) in [6.45, 7) is 2.31. The van der Waals surface area contributed by atoms with E-state index in [0.29, 0.717) is 11.6 Å². The summed E-state index contributed by atoms with van der Waals surface area (Å²) in [5, 5.41) is 14.9. The molecular formula is C17H13ClN4O2. The van der Waals surface area contributed by atoms with Gasteiger partial charge in [0.05, 0.1) is 29.9 Å². The van der Waals surface area contributed by atoms with Crippen molar-refractivity contribution in [2.75, 3.05) is 6.61 Å². The molecule has 7 heteroatoms. The van der Waals surface area contributed by atoms with Crippen LogP contribution in [0.2, 0.25) is 5.02 Å². The molecule has 0 aliphatic rings. The van der Waals surface area contributed by atoms with Crippen molar-refractivity contribution in [3.63, 3.8) is 0 Å². The fourth-order valence-electron chi connectivity index (χ4n) is 2.41. The van der Waals surface area contributed by atoms with Gasteiger partial charge in [0.25, 0.3) is 0 Å². The summed E-state index contributed by atoms with van der Waals surface area (Å²) in [5.74, 6) is -0.546. The summed E-state index contributed by atoms with van der Waals surface area (Å²) in [6, 6.07) is 9.55. The topological polar surface area (TPSA) is 80.8 Å². The van der Waals surface area contributed by atoms with Gasteiger partial charge in [0.15, 0.2) is 5.69 Å². The predicted octanol–water partition coefficient (Wildman–Crippen LogP) is 3.18. The Bertz CT molecular complexity index is 959. The molecule has 0 saturated heterocycles. The van der Waals surface area contributed by atoms with Crippen LogP contribution in [0.5, 0.6) is 0 Å². The average molecular weight is 341 g/mol. The molecule has 6 nitrogen and oxygen atoms in total. The van der Waals surface area contributed by atoms with Crippen LogP contribution >= 0.6 is 11.6 Å². The number of hydrogen-bond acceptors (Lipinski definition) is 5. The van der Waals surface area contributed by atoms with Gasteiger partial charge in [-0.05, 0) is 30.7 Å². The molecule has 0 spiro atoms. The van der Waals surface area contributed by atoms with Crippen LogP contribution in [0, 0.1) is 11.3 Å². The molecule has 0 aliphatic heterocycles. The number of carbonyl (C=O) groups excluding carboxylic acids is 1. The highest BCUT2D eigenvalue weighted by Crippen LogP contribution is 2.19. The Hall–Kier alpha value is -2.91. The summed E-state index contributed by atoms with van der Waals surface area (Å²) in [7, 11) is 0. The molecule has 0 aliphatic carbocycles. The number of ether oxygens (including phenoxy) is 1. The van der Waals surface area contributed by atoms with E-state index in [-0.39, 0.29) is 17.9 Å². The number of benzene rings is 1. The number of esters is 1. The first-order valence-electron chi connectivity index (χ1n) is 7.29. The smallest absolute Gasteiger partial charge is 0.342 e. The van der Waals surface area contributed by atoms with Crippen molar-refractivity contribution in [1.29, 1.82) is 5.26 Å². The van der Waals surface area contributed by atoms with Crippen molar-refractivity contribution in [3.05, 3.63) is 58.5 Å². The van der Waals surface area contributed by atoms with Crippen molar-refractivity contribution in [3.8, 4) is 6.07 Å². The van der Waals surface area contributed by atoms with E-state index in [4.69, 9.17) is 16.3 Å². The number of carbonyl (C=O) groups is 1. The van der Waals surface area contributed by atoms with Crippen LogP contribution in [0.25, 0.3) is 10.9 Å². The van der Waals surface area contributed by atoms with Crippen molar-refractivity contribution >= 4 is 28.5 Å². The minimum atomic E-state index is -0.546. The van der Waals surface area contributed by atoms with E-state index < -0.39 is 5.97 Å². The third-order valence-electron chi connectivity index (χ3n) is 3.49. The van der Waals surface area contributed by atoms with Crippen LogP contribution in [0.1, 0.15) is 28.5 Å². The number of aromatic nitrogens is 3. The van der Waals surface area contributed by atoms with Crippen LogP contribution in [0.4, 0.5) is 0 Å². The molecule has 0 bridgehead atoms. The zero-order chi connectivity index (χ0) is 17.1. The molecule has 1 aromatic carbocycles. The van der Waals surface area contributed by atoms with E-state index in [0.717, 1.165) is 16.5 Å². The van der Waals surface area contributed by atoms with Crippen molar-refractivity contribution in [2.45, 2.75) is 13.5 Å². The standard InChI is InChI=1S/C17H13ClN4O2/c1-2-24-17(23)14-9-21-22(16(14)7-19)10-11-3-4-15-12(5-11)6-13(18)8-20-15/h3-6,8-9H,2,10H2,1H3.